The number of anilines is 2. The molecule has 10 heteroatoms. The van der Waals surface area contributed by atoms with Gasteiger partial charge in [0.1, 0.15) is 11.6 Å². The lowest BCUT2D eigenvalue weighted by Crippen LogP contribution is -2.49. The first kappa shape index (κ1) is 20.8. The third-order valence-corrected chi connectivity index (χ3v) is 7.26. The molecule has 2 saturated heterocycles. The number of aryl methyl sites for hydroxylation is 1. The van der Waals surface area contributed by atoms with Gasteiger partial charge in [-0.15, -0.1) is 0 Å². The molecule has 3 heterocycles. The number of nitrogens with zero attached hydrogens (tertiary/aromatic N) is 5. The Hall–Kier alpha value is -2.43. The third-order valence-electron chi connectivity index (χ3n) is 5.36. The van der Waals surface area contributed by atoms with Gasteiger partial charge in [0.2, 0.25) is 16.0 Å². The van der Waals surface area contributed by atoms with E-state index < -0.39 is 10.0 Å². The first-order valence-corrected chi connectivity index (χ1v) is 11.5. The maximum Gasteiger partial charge on any atom is 0.243 e. The molecule has 0 atom stereocenters. The summed E-state index contributed by atoms with van der Waals surface area (Å²) >= 11 is 0. The lowest BCUT2D eigenvalue weighted by molar-refractivity contribution is 0.122. The highest BCUT2D eigenvalue weighted by Gasteiger charge is 2.29. The Balaban J connectivity index is 1.47. The standard InChI is InChI=1S/C20H27N5O4S/c1-16-14-19(22-20(21-16)24-10-12-29-13-11-24)23-6-8-25(9-7-23)30(26,27)18-5-3-4-17(15-18)28-2/h3-5,14-15H,6-13H2,1-2H3. The van der Waals surface area contributed by atoms with E-state index in [1.54, 1.807) is 24.3 Å². The van der Waals surface area contributed by atoms with Gasteiger partial charge in [-0.25, -0.2) is 13.4 Å². The highest BCUT2D eigenvalue weighted by molar-refractivity contribution is 7.89. The highest BCUT2D eigenvalue weighted by Crippen LogP contribution is 2.24. The van der Waals surface area contributed by atoms with Gasteiger partial charge in [0.15, 0.2) is 0 Å². The fourth-order valence-corrected chi connectivity index (χ4v) is 5.13. The van der Waals surface area contributed by atoms with Gasteiger partial charge in [0.05, 0.1) is 25.2 Å². The molecular formula is C20H27N5O4S. The molecular weight excluding hydrogens is 406 g/mol. The van der Waals surface area contributed by atoms with Crippen LogP contribution in [0, 0.1) is 6.92 Å². The van der Waals surface area contributed by atoms with Gasteiger partial charge in [-0.2, -0.15) is 9.29 Å². The normalized spacial score (nSPS) is 18.5. The Morgan fingerprint density at radius 2 is 1.70 bits per heavy atom. The van der Waals surface area contributed by atoms with Crippen molar-refractivity contribution < 1.29 is 17.9 Å². The molecule has 2 aliphatic rings. The molecule has 4 rings (SSSR count). The summed E-state index contributed by atoms with van der Waals surface area (Å²) in [6.07, 6.45) is 0. The summed E-state index contributed by atoms with van der Waals surface area (Å²) in [6.45, 7) is 6.79. The lowest BCUT2D eigenvalue weighted by atomic mass is 10.3. The lowest BCUT2D eigenvalue weighted by Gasteiger charge is -2.35. The van der Waals surface area contributed by atoms with Crippen LogP contribution in [0.1, 0.15) is 5.69 Å². The average molecular weight is 434 g/mol. The fraction of sp³-hybridized carbons (Fsp3) is 0.500. The molecule has 1 aromatic heterocycles. The van der Waals surface area contributed by atoms with E-state index in [2.05, 4.69) is 14.8 Å². The fourth-order valence-electron chi connectivity index (χ4n) is 3.67. The Morgan fingerprint density at radius 3 is 2.40 bits per heavy atom. The molecule has 0 aliphatic carbocycles. The summed E-state index contributed by atoms with van der Waals surface area (Å²) in [5.41, 5.74) is 0.896. The Bertz CT molecular complexity index is 986. The molecule has 0 N–H and O–H groups in total. The van der Waals surface area contributed by atoms with Crippen molar-refractivity contribution in [1.82, 2.24) is 14.3 Å². The van der Waals surface area contributed by atoms with Crippen molar-refractivity contribution in [1.29, 1.82) is 0 Å². The second-order valence-electron chi connectivity index (χ2n) is 7.34. The van der Waals surface area contributed by atoms with E-state index >= 15 is 0 Å². The van der Waals surface area contributed by atoms with Gasteiger partial charge < -0.3 is 19.3 Å². The molecule has 0 amide bonds. The predicted molar refractivity (Wildman–Crippen MR) is 114 cm³/mol. The van der Waals surface area contributed by atoms with Crippen LogP contribution in [-0.2, 0) is 14.8 Å². The molecule has 0 radical (unpaired) electrons. The van der Waals surface area contributed by atoms with Crippen LogP contribution in [0.15, 0.2) is 35.2 Å². The molecule has 2 aliphatic heterocycles. The molecule has 9 nitrogen and oxygen atoms in total. The van der Waals surface area contributed by atoms with Gasteiger partial charge in [0, 0.05) is 57.1 Å². The van der Waals surface area contributed by atoms with Crippen LogP contribution in [-0.4, -0.2) is 82.3 Å². The van der Waals surface area contributed by atoms with E-state index in [0.717, 1.165) is 24.6 Å². The van der Waals surface area contributed by atoms with Crippen LogP contribution in [0.5, 0.6) is 5.75 Å². The van der Waals surface area contributed by atoms with Crippen molar-refractivity contribution in [2.75, 3.05) is 69.4 Å². The molecule has 162 valence electrons. The maximum atomic E-state index is 13.0. The number of hydrogen-bond acceptors (Lipinski definition) is 8. The average Bonchev–Trinajstić information content (AvgIpc) is 2.79. The molecule has 2 aromatic rings. The van der Waals surface area contributed by atoms with Gasteiger partial charge in [-0.3, -0.25) is 0 Å². The van der Waals surface area contributed by atoms with Crippen molar-refractivity contribution in [2.45, 2.75) is 11.8 Å². The topological polar surface area (TPSA) is 88.1 Å². The van der Waals surface area contributed by atoms with E-state index in [0.29, 0.717) is 51.1 Å². The van der Waals surface area contributed by atoms with E-state index in [9.17, 15) is 8.42 Å². The van der Waals surface area contributed by atoms with Crippen LogP contribution in [0.2, 0.25) is 0 Å². The molecule has 0 bridgehead atoms. The number of hydrogen-bond donors (Lipinski definition) is 0. The monoisotopic (exact) mass is 433 g/mol. The van der Waals surface area contributed by atoms with Crippen molar-refractivity contribution in [3.8, 4) is 5.75 Å². The van der Waals surface area contributed by atoms with E-state index in [1.165, 1.54) is 11.4 Å². The molecule has 30 heavy (non-hydrogen) atoms. The number of methoxy groups -OCH3 is 1. The van der Waals surface area contributed by atoms with Crippen LogP contribution >= 0.6 is 0 Å². The summed E-state index contributed by atoms with van der Waals surface area (Å²) in [5.74, 6) is 2.07. The van der Waals surface area contributed by atoms with E-state index in [1.807, 2.05) is 13.0 Å². The molecule has 0 spiro atoms. The Labute approximate surface area is 177 Å². The predicted octanol–water partition coefficient (Wildman–Crippen LogP) is 1.14. The van der Waals surface area contributed by atoms with Gasteiger partial charge in [0.25, 0.3) is 0 Å². The van der Waals surface area contributed by atoms with Gasteiger partial charge >= 0.3 is 0 Å². The number of sulfonamides is 1. The van der Waals surface area contributed by atoms with Gasteiger partial charge in [-0.05, 0) is 19.1 Å². The summed E-state index contributed by atoms with van der Waals surface area (Å²) in [7, 11) is -2.03. The van der Waals surface area contributed by atoms with Crippen molar-refractivity contribution in [2.24, 2.45) is 0 Å². The van der Waals surface area contributed by atoms with Gasteiger partial charge in [-0.1, -0.05) is 6.07 Å². The first-order chi connectivity index (χ1) is 14.5. The minimum Gasteiger partial charge on any atom is -0.497 e. The van der Waals surface area contributed by atoms with Crippen LogP contribution in [0.3, 0.4) is 0 Å². The smallest absolute Gasteiger partial charge is 0.243 e. The highest BCUT2D eigenvalue weighted by atomic mass is 32.2. The first-order valence-electron chi connectivity index (χ1n) is 10.0. The quantitative estimate of drug-likeness (QED) is 0.694. The zero-order chi connectivity index (χ0) is 21.1. The second-order valence-corrected chi connectivity index (χ2v) is 9.27. The van der Waals surface area contributed by atoms with Crippen molar-refractivity contribution in [3.63, 3.8) is 0 Å². The Morgan fingerprint density at radius 1 is 0.967 bits per heavy atom. The molecule has 1 aromatic carbocycles. The van der Waals surface area contributed by atoms with Crippen LogP contribution in [0.4, 0.5) is 11.8 Å². The summed E-state index contributed by atoms with van der Waals surface area (Å²) < 4.78 is 38.1. The number of benzene rings is 1. The summed E-state index contributed by atoms with van der Waals surface area (Å²) in [5, 5.41) is 0. The van der Waals surface area contributed by atoms with Crippen molar-refractivity contribution >= 4 is 21.8 Å². The largest absolute Gasteiger partial charge is 0.497 e. The zero-order valence-corrected chi connectivity index (χ0v) is 18.1. The zero-order valence-electron chi connectivity index (χ0n) is 17.3. The summed E-state index contributed by atoms with van der Waals surface area (Å²) in [6, 6.07) is 8.55. The van der Waals surface area contributed by atoms with E-state index in [-0.39, 0.29) is 4.90 Å². The minimum absolute atomic E-state index is 0.253. The number of aromatic nitrogens is 2. The molecule has 2 fully saturated rings. The minimum atomic E-state index is -3.56. The van der Waals surface area contributed by atoms with Crippen molar-refractivity contribution in [3.05, 3.63) is 36.0 Å². The maximum absolute atomic E-state index is 13.0. The molecule has 0 unspecified atom stereocenters. The molecule has 0 saturated carbocycles. The number of ether oxygens (including phenoxy) is 2. The summed E-state index contributed by atoms with van der Waals surface area (Å²) in [4.78, 5) is 13.8. The van der Waals surface area contributed by atoms with Crippen LogP contribution < -0.4 is 14.5 Å². The second kappa shape index (κ2) is 8.75. The number of morpholine rings is 1. The van der Waals surface area contributed by atoms with Crippen LogP contribution in [0.25, 0.3) is 0 Å². The Kier molecular flexibility index (Phi) is 6.07. The van der Waals surface area contributed by atoms with E-state index in [4.69, 9.17) is 14.5 Å². The third kappa shape index (κ3) is 4.35. The SMILES string of the molecule is COc1cccc(S(=O)(=O)N2CCN(c3cc(C)nc(N4CCOCC4)n3)CC2)c1. The number of rotatable bonds is 5. The number of piperazine rings is 1.